The average molecular weight is 643 g/mol. The van der Waals surface area contributed by atoms with Crippen molar-refractivity contribution in [2.75, 3.05) is 50.2 Å². The van der Waals surface area contributed by atoms with Crippen molar-refractivity contribution < 1.29 is 31.9 Å². The van der Waals surface area contributed by atoms with Crippen molar-refractivity contribution in [3.05, 3.63) is 28.8 Å². The summed E-state index contributed by atoms with van der Waals surface area (Å²) in [6.07, 6.45) is 0.607. The molecule has 1 saturated heterocycles. The number of alkyl halides is 4. The molecule has 1 N–H and O–H groups in total. The number of amidine groups is 1. The number of benzene rings is 1. The second-order valence-corrected chi connectivity index (χ2v) is 13.6. The van der Waals surface area contributed by atoms with Gasteiger partial charge in [0, 0.05) is 50.3 Å². The van der Waals surface area contributed by atoms with E-state index >= 15 is 0 Å². The Labute approximate surface area is 262 Å². The number of carbonyl (C=O) groups is 2. The van der Waals surface area contributed by atoms with Gasteiger partial charge in [-0.15, -0.1) is 0 Å². The summed E-state index contributed by atoms with van der Waals surface area (Å²) in [7, 11) is 0. The highest BCUT2D eigenvalue weighted by Crippen LogP contribution is 2.38. The van der Waals surface area contributed by atoms with Crippen LogP contribution in [0.15, 0.2) is 17.1 Å². The third kappa shape index (κ3) is 9.19. The molecule has 12 heteroatoms. The van der Waals surface area contributed by atoms with Crippen LogP contribution in [0.1, 0.15) is 75.0 Å². The topological polar surface area (TPSA) is 74.2 Å². The lowest BCUT2D eigenvalue weighted by atomic mass is 9.79. The van der Waals surface area contributed by atoms with Crippen molar-refractivity contribution in [3.63, 3.8) is 0 Å². The Morgan fingerprint density at radius 1 is 1.14 bits per heavy atom. The van der Waals surface area contributed by atoms with Gasteiger partial charge in [0.05, 0.1) is 13.2 Å². The number of nitrogens with one attached hydrogen (secondary N) is 1. The number of aryl methyl sites for hydroxylation is 2. The molecule has 7 nitrogen and oxygen atoms in total. The number of ether oxygens (including phenoxy) is 1. The monoisotopic (exact) mass is 642 g/mol. The van der Waals surface area contributed by atoms with Gasteiger partial charge in [-0.2, -0.15) is 13.2 Å². The van der Waals surface area contributed by atoms with Crippen LogP contribution in [0, 0.1) is 25.7 Å². The fraction of sp³-hybridized carbons (Fsp3) is 0.719. The van der Waals surface area contributed by atoms with E-state index in [9.17, 15) is 27.2 Å². The van der Waals surface area contributed by atoms with Gasteiger partial charge in [-0.3, -0.25) is 18.9 Å². The van der Waals surface area contributed by atoms with Gasteiger partial charge in [0.15, 0.2) is 0 Å². The smallest absolute Gasteiger partial charge is 0.377 e. The van der Waals surface area contributed by atoms with Crippen LogP contribution in [0.25, 0.3) is 0 Å². The normalized spacial score (nSPS) is 22.2. The first-order valence-corrected chi connectivity index (χ1v) is 16.7. The maximum Gasteiger partial charge on any atom is 0.389 e. The summed E-state index contributed by atoms with van der Waals surface area (Å²) in [5, 5.41) is 3.04. The van der Waals surface area contributed by atoms with Crippen molar-refractivity contribution in [1.29, 1.82) is 0 Å². The minimum Gasteiger partial charge on any atom is -0.377 e. The minimum absolute atomic E-state index is 0.0278. The number of rotatable bonds is 13. The molecular formula is C32H46F4N4O3S. The predicted octanol–water partition coefficient (Wildman–Crippen LogP) is 6.34. The summed E-state index contributed by atoms with van der Waals surface area (Å²) >= 11 is 1.78. The molecule has 2 aliphatic heterocycles. The van der Waals surface area contributed by atoms with Crippen molar-refractivity contribution in [3.8, 4) is 0 Å². The van der Waals surface area contributed by atoms with E-state index in [1.54, 1.807) is 16.8 Å². The van der Waals surface area contributed by atoms with Crippen molar-refractivity contribution in [1.82, 2.24) is 9.62 Å². The minimum atomic E-state index is -4.10. The molecule has 4 rings (SSSR count). The number of nitrogens with zero attached hydrogens (tertiary/aromatic N) is 3. The zero-order valence-corrected chi connectivity index (χ0v) is 26.9. The molecule has 44 heavy (non-hydrogen) atoms. The van der Waals surface area contributed by atoms with Crippen LogP contribution >= 0.6 is 11.9 Å². The Kier molecular flexibility index (Phi) is 12.1. The lowest BCUT2D eigenvalue weighted by molar-refractivity contribution is -0.138. The summed E-state index contributed by atoms with van der Waals surface area (Å²) in [6.45, 7) is 7.28. The summed E-state index contributed by atoms with van der Waals surface area (Å²) in [4.78, 5) is 31.9. The van der Waals surface area contributed by atoms with Crippen LogP contribution < -0.4 is 10.2 Å². The fourth-order valence-electron chi connectivity index (χ4n) is 6.73. The molecule has 1 aromatic carbocycles. The Morgan fingerprint density at radius 2 is 1.80 bits per heavy atom. The molecule has 0 radical (unpaired) electrons. The maximum atomic E-state index is 13.0. The number of amides is 2. The first-order valence-electron chi connectivity index (χ1n) is 15.8. The van der Waals surface area contributed by atoms with E-state index in [0.717, 1.165) is 73.6 Å². The summed E-state index contributed by atoms with van der Waals surface area (Å²) in [5.74, 6) is 1.74. The van der Waals surface area contributed by atoms with E-state index in [0.29, 0.717) is 19.4 Å². The zero-order valence-electron chi connectivity index (χ0n) is 26.1. The van der Waals surface area contributed by atoms with Gasteiger partial charge in [-0.25, -0.2) is 4.39 Å². The van der Waals surface area contributed by atoms with Crippen molar-refractivity contribution in [2.45, 2.75) is 90.3 Å². The van der Waals surface area contributed by atoms with E-state index in [2.05, 4.69) is 23.5 Å². The molecule has 2 fully saturated rings. The Hall–Kier alpha value is -2.18. The van der Waals surface area contributed by atoms with Crippen molar-refractivity contribution >= 4 is 35.3 Å². The highest BCUT2D eigenvalue weighted by Gasteiger charge is 2.47. The quantitative estimate of drug-likeness (QED) is 0.154. The second kappa shape index (κ2) is 15.4. The number of hydrogen-bond acceptors (Lipinski definition) is 6. The molecule has 1 aromatic rings. The Morgan fingerprint density at radius 3 is 2.39 bits per heavy atom. The van der Waals surface area contributed by atoms with Crippen LogP contribution in [-0.2, 0) is 20.7 Å². The number of halogens is 4. The van der Waals surface area contributed by atoms with E-state index in [1.807, 2.05) is 12.1 Å². The molecule has 1 aliphatic carbocycles. The lowest BCUT2D eigenvalue weighted by Gasteiger charge is -2.34. The molecule has 246 valence electrons. The van der Waals surface area contributed by atoms with Gasteiger partial charge in [0.1, 0.15) is 18.0 Å². The molecule has 0 aromatic heterocycles. The van der Waals surface area contributed by atoms with E-state index in [1.165, 1.54) is 12.5 Å². The third-order valence-corrected chi connectivity index (χ3v) is 10.4. The van der Waals surface area contributed by atoms with Gasteiger partial charge in [-0.05, 0) is 100.0 Å². The highest BCUT2D eigenvalue weighted by molar-refractivity contribution is 7.97. The summed E-state index contributed by atoms with van der Waals surface area (Å²) in [5.41, 5.74) is 3.59. The number of carbonyl (C=O) groups excluding carboxylic acids is 2. The number of anilines is 1. The van der Waals surface area contributed by atoms with Gasteiger partial charge in [0.25, 0.3) is 5.91 Å². The third-order valence-electron chi connectivity index (χ3n) is 9.30. The maximum absolute atomic E-state index is 13.0. The first-order chi connectivity index (χ1) is 20.9. The highest BCUT2D eigenvalue weighted by atomic mass is 32.2. The SMILES string of the molecule is CC(=O)N(CCOCCF)c1cc(C)c(CCSN2CCC3(CC2)N=C(C2CCC(CCC(F)(F)F)CC2)NC3=O)c(C)c1. The van der Waals surface area contributed by atoms with E-state index in [4.69, 9.17) is 9.73 Å². The Bertz CT molecular complexity index is 1160. The van der Waals surface area contributed by atoms with Crippen molar-refractivity contribution in [2.24, 2.45) is 16.8 Å². The molecule has 1 saturated carbocycles. The molecule has 0 unspecified atom stereocenters. The van der Waals surface area contributed by atoms with E-state index < -0.39 is 24.8 Å². The van der Waals surface area contributed by atoms with Crippen LogP contribution in [-0.4, -0.2) is 78.9 Å². The zero-order chi connectivity index (χ0) is 31.9. The van der Waals surface area contributed by atoms with E-state index in [-0.39, 0.29) is 43.3 Å². The molecule has 1 spiro atoms. The van der Waals surface area contributed by atoms with Gasteiger partial charge < -0.3 is 15.0 Å². The molecular weight excluding hydrogens is 596 g/mol. The number of aliphatic imine (C=N–C) groups is 1. The van der Waals surface area contributed by atoms with Gasteiger partial charge >= 0.3 is 6.18 Å². The largest absolute Gasteiger partial charge is 0.389 e. The number of piperidine rings is 1. The molecule has 2 heterocycles. The fourth-order valence-corrected chi connectivity index (χ4v) is 7.72. The molecule has 0 bridgehead atoms. The summed E-state index contributed by atoms with van der Waals surface area (Å²) in [6, 6.07) is 4.05. The van der Waals surface area contributed by atoms with Gasteiger partial charge in [0.2, 0.25) is 5.91 Å². The van der Waals surface area contributed by atoms with Crippen LogP contribution in [0.3, 0.4) is 0 Å². The van der Waals surface area contributed by atoms with Crippen LogP contribution in [0.2, 0.25) is 0 Å². The van der Waals surface area contributed by atoms with Crippen LogP contribution in [0.4, 0.5) is 23.2 Å². The Balaban J connectivity index is 1.24. The number of hydrogen-bond donors (Lipinski definition) is 1. The summed E-state index contributed by atoms with van der Waals surface area (Å²) < 4.78 is 57.7. The first kappa shape index (κ1) is 34.7. The standard InChI is InChI=1S/C32H46F4N4O3S/c1-22-20-27(40(24(3)41)16-18-43-17-13-33)21-23(2)28(22)9-19-44-39-14-11-31(12-15-39)30(42)37-29(38-31)26-6-4-25(5-7-26)8-10-32(34,35)36/h20-21,25-26H,4-19H2,1-3H3,(H,37,38,42). The average Bonchev–Trinajstić information content (AvgIpc) is 3.29. The molecule has 3 aliphatic rings. The molecule has 0 atom stereocenters. The van der Waals surface area contributed by atoms with Crippen LogP contribution in [0.5, 0.6) is 0 Å². The van der Waals surface area contributed by atoms with Gasteiger partial charge in [-0.1, -0.05) is 11.9 Å². The lowest BCUT2D eigenvalue weighted by Crippen LogP contribution is -2.47. The predicted molar refractivity (Wildman–Crippen MR) is 167 cm³/mol. The molecule has 2 amide bonds. The second-order valence-electron chi connectivity index (χ2n) is 12.4.